The van der Waals surface area contributed by atoms with E-state index in [0.29, 0.717) is 36.1 Å². The van der Waals surface area contributed by atoms with Crippen LogP contribution in [0.15, 0.2) is 41.4 Å². The van der Waals surface area contributed by atoms with Gasteiger partial charge in [0.05, 0.1) is 10.4 Å². The predicted molar refractivity (Wildman–Crippen MR) is 148 cm³/mol. The molecule has 10 nitrogen and oxygen atoms in total. The zero-order valence-electron chi connectivity index (χ0n) is 22.1. The topological polar surface area (TPSA) is 113 Å². The quantitative estimate of drug-likeness (QED) is 0.354. The van der Waals surface area contributed by atoms with Gasteiger partial charge in [-0.05, 0) is 55.5 Å². The van der Waals surface area contributed by atoms with Gasteiger partial charge in [-0.1, -0.05) is 23.5 Å². The van der Waals surface area contributed by atoms with Crippen LogP contribution < -0.4 is 4.72 Å². The van der Waals surface area contributed by atoms with Gasteiger partial charge in [-0.15, -0.1) is 10.2 Å². The Balaban J connectivity index is 1.54. The van der Waals surface area contributed by atoms with Crippen LogP contribution in [0.25, 0.3) is 32.6 Å². The third-order valence-corrected chi connectivity index (χ3v) is 9.88. The number of sulfonamides is 1. The number of pyridine rings is 1. The second-order valence-corrected chi connectivity index (χ2v) is 13.2. The number of aromatic nitrogens is 4. The fourth-order valence-electron chi connectivity index (χ4n) is 4.98. The number of rotatable bonds is 6. The van der Waals surface area contributed by atoms with Crippen molar-refractivity contribution in [3.8, 4) is 5.13 Å². The summed E-state index contributed by atoms with van der Waals surface area (Å²) in [5, 5.41) is 8.84. The lowest BCUT2D eigenvalue weighted by Gasteiger charge is -2.29. The minimum atomic E-state index is -3.83. The van der Waals surface area contributed by atoms with Crippen molar-refractivity contribution in [2.75, 3.05) is 27.2 Å². The van der Waals surface area contributed by atoms with Crippen molar-refractivity contribution in [1.29, 1.82) is 0 Å². The number of alkyl halides is 2. The van der Waals surface area contributed by atoms with E-state index in [9.17, 15) is 22.0 Å². The first-order valence-corrected chi connectivity index (χ1v) is 15.0. The molecule has 1 aliphatic carbocycles. The number of nitrogens with one attached hydrogen (secondary N) is 1. The molecule has 1 fully saturated rings. The van der Waals surface area contributed by atoms with Crippen LogP contribution in [0, 0.1) is 0 Å². The van der Waals surface area contributed by atoms with Gasteiger partial charge in [0.2, 0.25) is 15.2 Å². The van der Waals surface area contributed by atoms with Gasteiger partial charge in [-0.25, -0.2) is 31.7 Å². The molecule has 210 valence electrons. The van der Waals surface area contributed by atoms with Gasteiger partial charge in [0.25, 0.3) is 6.43 Å². The molecule has 0 unspecified atom stereocenters. The summed E-state index contributed by atoms with van der Waals surface area (Å²) in [6.07, 6.45) is 2.97. The smallest absolute Gasteiger partial charge is 0.319 e. The van der Waals surface area contributed by atoms with Crippen LogP contribution in [0.2, 0.25) is 0 Å². The molecular weight excluding hydrogens is 560 g/mol. The summed E-state index contributed by atoms with van der Waals surface area (Å²) >= 11 is 0.732. The van der Waals surface area contributed by atoms with Crippen LogP contribution in [0.4, 0.5) is 13.6 Å². The highest BCUT2D eigenvalue weighted by Gasteiger charge is 2.41. The first-order chi connectivity index (χ1) is 19.0. The number of benzene rings is 1. The summed E-state index contributed by atoms with van der Waals surface area (Å²) < 4.78 is 57.7. The van der Waals surface area contributed by atoms with Gasteiger partial charge in [0, 0.05) is 49.7 Å². The van der Waals surface area contributed by atoms with E-state index in [2.05, 4.69) is 19.9 Å². The van der Waals surface area contributed by atoms with Crippen LogP contribution >= 0.6 is 11.3 Å². The zero-order chi connectivity index (χ0) is 28.4. The summed E-state index contributed by atoms with van der Waals surface area (Å²) in [5.41, 5.74) is 2.35. The standard InChI is InChI=1S/C26H27F2N7O3S2/c1-26(9-10-26)32-40(37,38)16-4-5-18-19(14-16)35(24-31-30-23(39-24)21(27)28)22-20(18)17(6-11-29-22)15-7-12-34(13-8-15)25(36)33(2)3/h4-7,11,14,21,32H,8-10,12-13H2,1-3H3. The molecule has 1 aromatic carbocycles. The van der Waals surface area contributed by atoms with Crippen molar-refractivity contribution in [3.63, 3.8) is 0 Å². The fraction of sp³-hybridized carbons (Fsp3) is 0.385. The van der Waals surface area contributed by atoms with Crippen molar-refractivity contribution in [3.05, 3.63) is 47.1 Å². The van der Waals surface area contributed by atoms with Crippen LogP contribution in [0.3, 0.4) is 0 Å². The summed E-state index contributed by atoms with van der Waals surface area (Å²) in [6.45, 7) is 2.83. The molecule has 0 atom stereocenters. The number of urea groups is 1. The molecule has 6 rings (SSSR count). The van der Waals surface area contributed by atoms with Gasteiger partial charge in [0.1, 0.15) is 5.65 Å². The largest absolute Gasteiger partial charge is 0.331 e. The number of hydrogen-bond donors (Lipinski definition) is 1. The lowest BCUT2D eigenvalue weighted by molar-refractivity contribution is 0.150. The average Bonchev–Trinajstić information content (AvgIpc) is 3.31. The average molecular weight is 588 g/mol. The molecule has 0 bridgehead atoms. The summed E-state index contributed by atoms with van der Waals surface area (Å²) in [7, 11) is -0.407. The number of fused-ring (bicyclic) bond motifs is 3. The third-order valence-electron chi connectivity index (χ3n) is 7.33. The highest BCUT2D eigenvalue weighted by atomic mass is 32.2. The number of amides is 2. The highest BCUT2D eigenvalue weighted by Crippen LogP contribution is 2.40. The Morgan fingerprint density at radius 3 is 2.60 bits per heavy atom. The number of halogens is 2. The van der Waals surface area contributed by atoms with E-state index in [1.54, 1.807) is 41.9 Å². The molecule has 0 radical (unpaired) electrons. The number of nitrogens with zero attached hydrogens (tertiary/aromatic N) is 6. The van der Waals surface area contributed by atoms with E-state index in [-0.39, 0.29) is 16.1 Å². The molecule has 2 aliphatic rings. The van der Waals surface area contributed by atoms with Crippen molar-refractivity contribution >= 4 is 54.9 Å². The van der Waals surface area contributed by atoms with Gasteiger partial charge < -0.3 is 9.80 Å². The van der Waals surface area contributed by atoms with E-state index >= 15 is 0 Å². The molecule has 40 heavy (non-hydrogen) atoms. The number of hydrogen-bond acceptors (Lipinski definition) is 7. The van der Waals surface area contributed by atoms with E-state index in [0.717, 1.165) is 40.7 Å². The van der Waals surface area contributed by atoms with Gasteiger partial charge in [-0.2, -0.15) is 0 Å². The maximum atomic E-state index is 13.4. The third kappa shape index (κ3) is 4.63. The maximum Gasteiger partial charge on any atom is 0.319 e. The number of carbonyl (C=O) groups is 1. The zero-order valence-corrected chi connectivity index (χ0v) is 23.7. The van der Waals surface area contributed by atoms with Crippen LogP contribution in [-0.4, -0.2) is 76.7 Å². The van der Waals surface area contributed by atoms with E-state index < -0.39 is 27.0 Å². The van der Waals surface area contributed by atoms with Crippen molar-refractivity contribution in [2.24, 2.45) is 0 Å². The Bertz CT molecular complexity index is 1790. The second-order valence-electron chi connectivity index (χ2n) is 10.6. The van der Waals surface area contributed by atoms with Gasteiger partial charge in [-0.3, -0.25) is 4.57 Å². The van der Waals surface area contributed by atoms with Crippen molar-refractivity contribution in [2.45, 2.75) is 43.0 Å². The molecule has 2 amide bonds. The van der Waals surface area contributed by atoms with E-state index in [1.165, 1.54) is 11.0 Å². The van der Waals surface area contributed by atoms with Gasteiger partial charge in [0.15, 0.2) is 5.01 Å². The molecular formula is C26H27F2N7O3S2. The summed E-state index contributed by atoms with van der Waals surface area (Å²) in [5.74, 6) is 0. The Morgan fingerprint density at radius 1 is 1.20 bits per heavy atom. The monoisotopic (exact) mass is 587 g/mol. The fourth-order valence-corrected chi connectivity index (χ4v) is 7.18. The molecule has 4 aromatic rings. The second kappa shape index (κ2) is 9.56. The summed E-state index contributed by atoms with van der Waals surface area (Å²) in [4.78, 5) is 20.4. The Kier molecular flexibility index (Phi) is 6.39. The first kappa shape index (κ1) is 26.7. The maximum absolute atomic E-state index is 13.4. The number of carbonyl (C=O) groups excluding carboxylic acids is 1. The highest BCUT2D eigenvalue weighted by molar-refractivity contribution is 7.89. The van der Waals surface area contributed by atoms with Crippen molar-refractivity contribution < 1.29 is 22.0 Å². The normalized spacial score (nSPS) is 17.1. The predicted octanol–water partition coefficient (Wildman–Crippen LogP) is 4.57. The van der Waals surface area contributed by atoms with Crippen molar-refractivity contribution in [1.82, 2.24) is 34.3 Å². The molecule has 1 aliphatic heterocycles. The van der Waals surface area contributed by atoms with E-state index in [4.69, 9.17) is 0 Å². The molecule has 0 saturated heterocycles. The summed E-state index contributed by atoms with van der Waals surface area (Å²) in [6, 6.07) is 6.62. The molecule has 1 saturated carbocycles. The Hall–Kier alpha value is -3.49. The Morgan fingerprint density at radius 2 is 1.98 bits per heavy atom. The van der Waals surface area contributed by atoms with Crippen LogP contribution in [0.1, 0.15) is 43.2 Å². The lowest BCUT2D eigenvalue weighted by Crippen LogP contribution is -2.41. The minimum Gasteiger partial charge on any atom is -0.331 e. The molecule has 4 heterocycles. The Labute approximate surface area is 233 Å². The van der Waals surface area contributed by atoms with Gasteiger partial charge >= 0.3 is 6.03 Å². The molecule has 1 N–H and O–H groups in total. The molecule has 0 spiro atoms. The minimum absolute atomic E-state index is 0.0621. The van der Waals surface area contributed by atoms with Crippen LogP contribution in [0.5, 0.6) is 0 Å². The molecule has 14 heteroatoms. The van der Waals surface area contributed by atoms with E-state index in [1.807, 2.05) is 19.1 Å². The lowest BCUT2D eigenvalue weighted by atomic mass is 9.96. The van der Waals surface area contributed by atoms with Crippen LogP contribution in [-0.2, 0) is 10.0 Å². The SMILES string of the molecule is CN(C)C(=O)N1CC=C(c2ccnc3c2c2ccc(S(=O)(=O)NC4(C)CC4)cc2n3-c2nnc(C(F)F)s2)CC1. The first-order valence-electron chi connectivity index (χ1n) is 12.7. The molecule has 3 aromatic heterocycles.